The predicted molar refractivity (Wildman–Crippen MR) is 199 cm³/mol. The van der Waals surface area contributed by atoms with Gasteiger partial charge in [0.15, 0.2) is 0 Å². The smallest absolute Gasteiger partial charge is 0.344 e. The molecule has 0 bridgehead atoms. The van der Waals surface area contributed by atoms with Crippen LogP contribution in [0, 0.1) is 0 Å². The Morgan fingerprint density at radius 1 is 0.396 bits per heavy atom. The molecule has 236 valence electrons. The Hall–Kier alpha value is -5.48. The van der Waals surface area contributed by atoms with Gasteiger partial charge in [0.05, 0.1) is 11.1 Å². The van der Waals surface area contributed by atoms with Crippen molar-refractivity contribution in [3.63, 3.8) is 0 Å². The quantitative estimate of drug-likeness (QED) is 0.141. The molecule has 4 heteroatoms. The molecule has 0 amide bonds. The molecule has 0 radical (unpaired) electrons. The third-order valence-corrected chi connectivity index (χ3v) is 9.70. The van der Waals surface area contributed by atoms with Gasteiger partial charge in [-0.1, -0.05) is 126 Å². The van der Waals surface area contributed by atoms with Crippen LogP contribution in [-0.4, -0.2) is 0 Å². The maximum absolute atomic E-state index is 13.5. The predicted octanol–water partition coefficient (Wildman–Crippen LogP) is 11.3. The standard InChI is InChI=1S/C44H36O4/c1-43(2,3)27-13-15-29-25(21-27)11-19-39-35(29)23-37(41(45)47-39)33-17-18-34(32-10-8-7-9-31(32)33)38-24-36-30-16-14-28(44(4,5)6)22-26(30)12-20-40(36)48-42(38)46/h7-24H,1-6H3. The van der Waals surface area contributed by atoms with Crippen molar-refractivity contribution in [3.8, 4) is 22.3 Å². The van der Waals surface area contributed by atoms with Gasteiger partial charge in [-0.2, -0.15) is 0 Å². The Morgan fingerprint density at radius 3 is 1.21 bits per heavy atom. The van der Waals surface area contributed by atoms with Gasteiger partial charge in [0.1, 0.15) is 11.2 Å². The van der Waals surface area contributed by atoms with Crippen LogP contribution in [0.4, 0.5) is 0 Å². The molecule has 0 spiro atoms. The average molecular weight is 629 g/mol. The monoisotopic (exact) mass is 628 g/mol. The van der Waals surface area contributed by atoms with Gasteiger partial charge in [-0.25, -0.2) is 9.59 Å². The van der Waals surface area contributed by atoms with Crippen LogP contribution < -0.4 is 11.3 Å². The van der Waals surface area contributed by atoms with Crippen LogP contribution in [0.2, 0.25) is 0 Å². The molecule has 8 rings (SSSR count). The Bertz CT molecular complexity index is 2540. The van der Waals surface area contributed by atoms with E-state index in [-0.39, 0.29) is 10.8 Å². The summed E-state index contributed by atoms with van der Waals surface area (Å²) in [5, 5.41) is 7.72. The minimum atomic E-state index is -0.405. The highest BCUT2D eigenvalue weighted by Crippen LogP contribution is 2.38. The van der Waals surface area contributed by atoms with Crippen LogP contribution in [0.25, 0.3) is 76.5 Å². The van der Waals surface area contributed by atoms with Crippen LogP contribution >= 0.6 is 0 Å². The first kappa shape index (κ1) is 29.9. The lowest BCUT2D eigenvalue weighted by Gasteiger charge is -2.20. The zero-order chi connectivity index (χ0) is 33.5. The Morgan fingerprint density at radius 2 is 0.812 bits per heavy atom. The second-order valence-electron chi connectivity index (χ2n) is 14.9. The molecule has 48 heavy (non-hydrogen) atoms. The van der Waals surface area contributed by atoms with Crippen LogP contribution in [0.3, 0.4) is 0 Å². The van der Waals surface area contributed by atoms with E-state index in [2.05, 4.69) is 77.9 Å². The third kappa shape index (κ3) is 4.83. The van der Waals surface area contributed by atoms with Crippen LogP contribution in [0.1, 0.15) is 52.7 Å². The first-order valence-electron chi connectivity index (χ1n) is 16.4. The number of hydrogen-bond acceptors (Lipinski definition) is 4. The molecule has 0 atom stereocenters. The summed E-state index contributed by atoms with van der Waals surface area (Å²) in [6, 6.07) is 36.4. The number of benzene rings is 6. The van der Waals surface area contributed by atoms with Gasteiger partial charge in [-0.05, 0) is 89.7 Å². The van der Waals surface area contributed by atoms with Gasteiger partial charge in [-0.3, -0.25) is 0 Å². The SMILES string of the molecule is CC(C)(C)c1ccc2c(ccc3oc(=O)c(-c4ccc(-c5cc6c(ccc7cc(C(C)(C)C)ccc76)oc5=O)c5ccccc45)cc32)c1. The summed E-state index contributed by atoms with van der Waals surface area (Å²) in [5.41, 5.74) is 5.27. The lowest BCUT2D eigenvalue weighted by Crippen LogP contribution is -2.10. The third-order valence-electron chi connectivity index (χ3n) is 9.70. The van der Waals surface area contributed by atoms with Crippen LogP contribution in [0.15, 0.2) is 128 Å². The fraction of sp³-hybridized carbons (Fsp3) is 0.182. The Kier molecular flexibility index (Phi) is 6.55. The molecule has 2 aromatic heterocycles. The van der Waals surface area contributed by atoms with Crippen molar-refractivity contribution in [3.05, 3.63) is 141 Å². The molecule has 8 aromatic rings. The van der Waals surface area contributed by atoms with Crippen molar-refractivity contribution in [2.24, 2.45) is 0 Å². The van der Waals surface area contributed by atoms with Gasteiger partial charge in [0.2, 0.25) is 0 Å². The summed E-state index contributed by atoms with van der Waals surface area (Å²) in [7, 11) is 0. The van der Waals surface area contributed by atoms with E-state index in [1.165, 1.54) is 11.1 Å². The average Bonchev–Trinajstić information content (AvgIpc) is 3.06. The van der Waals surface area contributed by atoms with E-state index in [1.54, 1.807) is 0 Å². The van der Waals surface area contributed by atoms with Gasteiger partial charge >= 0.3 is 11.3 Å². The maximum atomic E-state index is 13.5. The molecule has 0 aliphatic rings. The molecule has 0 aliphatic carbocycles. The lowest BCUT2D eigenvalue weighted by atomic mass is 9.85. The van der Waals surface area contributed by atoms with E-state index in [0.717, 1.165) is 54.2 Å². The first-order chi connectivity index (χ1) is 22.9. The maximum Gasteiger partial charge on any atom is 0.344 e. The Balaban J connectivity index is 1.32. The molecule has 6 aromatic carbocycles. The van der Waals surface area contributed by atoms with Crippen LogP contribution in [0.5, 0.6) is 0 Å². The van der Waals surface area contributed by atoms with Crippen LogP contribution in [-0.2, 0) is 10.8 Å². The molecule has 0 aliphatic heterocycles. The highest BCUT2D eigenvalue weighted by molar-refractivity contribution is 6.11. The second-order valence-corrected chi connectivity index (χ2v) is 14.9. The van der Waals surface area contributed by atoms with Gasteiger partial charge in [0.25, 0.3) is 0 Å². The van der Waals surface area contributed by atoms with Gasteiger partial charge in [-0.15, -0.1) is 0 Å². The molecule has 0 unspecified atom stereocenters. The number of hydrogen-bond donors (Lipinski definition) is 0. The number of fused-ring (bicyclic) bond motifs is 7. The summed E-state index contributed by atoms with van der Waals surface area (Å²) >= 11 is 0. The van der Waals surface area contributed by atoms with Crippen molar-refractivity contribution in [1.82, 2.24) is 0 Å². The van der Waals surface area contributed by atoms with Gasteiger partial charge in [0, 0.05) is 10.8 Å². The molecule has 0 fully saturated rings. The molecule has 0 saturated carbocycles. The molecular formula is C44H36O4. The van der Waals surface area contributed by atoms with E-state index in [1.807, 2.05) is 72.8 Å². The Labute approximate surface area is 278 Å². The summed E-state index contributed by atoms with van der Waals surface area (Å²) in [4.78, 5) is 27.1. The summed E-state index contributed by atoms with van der Waals surface area (Å²) < 4.78 is 11.9. The summed E-state index contributed by atoms with van der Waals surface area (Å²) in [5.74, 6) is 0. The molecule has 4 nitrogen and oxygen atoms in total. The van der Waals surface area contributed by atoms with E-state index in [0.29, 0.717) is 22.3 Å². The topological polar surface area (TPSA) is 60.4 Å². The second kappa shape index (κ2) is 10.5. The molecule has 0 saturated heterocycles. The van der Waals surface area contributed by atoms with E-state index >= 15 is 0 Å². The summed E-state index contributed by atoms with van der Waals surface area (Å²) in [6.45, 7) is 13.2. The van der Waals surface area contributed by atoms with Crippen molar-refractivity contribution in [1.29, 1.82) is 0 Å². The van der Waals surface area contributed by atoms with Gasteiger partial charge < -0.3 is 8.83 Å². The molecule has 0 N–H and O–H groups in total. The van der Waals surface area contributed by atoms with Crippen molar-refractivity contribution >= 4 is 54.3 Å². The fourth-order valence-electron chi connectivity index (χ4n) is 6.94. The fourth-order valence-corrected chi connectivity index (χ4v) is 6.94. The molecular weight excluding hydrogens is 592 g/mol. The highest BCUT2D eigenvalue weighted by Gasteiger charge is 2.20. The van der Waals surface area contributed by atoms with Crippen molar-refractivity contribution in [2.75, 3.05) is 0 Å². The normalized spacial score (nSPS) is 12.5. The zero-order valence-electron chi connectivity index (χ0n) is 28.0. The van der Waals surface area contributed by atoms with E-state index < -0.39 is 11.3 Å². The highest BCUT2D eigenvalue weighted by atomic mass is 16.4. The van der Waals surface area contributed by atoms with Crippen molar-refractivity contribution in [2.45, 2.75) is 52.4 Å². The van der Waals surface area contributed by atoms with E-state index in [4.69, 9.17) is 8.83 Å². The van der Waals surface area contributed by atoms with E-state index in [9.17, 15) is 9.59 Å². The largest absolute Gasteiger partial charge is 0.422 e. The minimum Gasteiger partial charge on any atom is -0.422 e. The molecule has 2 heterocycles. The lowest BCUT2D eigenvalue weighted by molar-refractivity contribution is 0.563. The summed E-state index contributed by atoms with van der Waals surface area (Å²) in [6.07, 6.45) is 0. The number of rotatable bonds is 2. The zero-order valence-corrected chi connectivity index (χ0v) is 28.0. The minimum absolute atomic E-state index is 0.0172. The van der Waals surface area contributed by atoms with Crippen molar-refractivity contribution < 1.29 is 8.83 Å². The first-order valence-corrected chi connectivity index (χ1v) is 16.4.